The molecule has 0 bridgehead atoms. The maximum Gasteiger partial charge on any atom is 0.127 e. The van der Waals surface area contributed by atoms with Crippen LogP contribution in [0.2, 0.25) is 0 Å². The highest BCUT2D eigenvalue weighted by Crippen LogP contribution is 2.62. The van der Waals surface area contributed by atoms with Crippen molar-refractivity contribution in [1.29, 1.82) is 0 Å². The molecule has 72 heavy (non-hydrogen) atoms. The molecule has 2 N–H and O–H groups in total. The summed E-state index contributed by atoms with van der Waals surface area (Å²) in [6, 6.07) is 46.2. The summed E-state index contributed by atoms with van der Waals surface area (Å²) in [5, 5.41) is 6.93. The minimum atomic E-state index is 0.573. The van der Waals surface area contributed by atoms with Gasteiger partial charge < -0.3 is 15.4 Å². The number of hydrogen-bond acceptors (Lipinski definition) is 3. The zero-order valence-electron chi connectivity index (χ0n) is 49.1. The van der Waals surface area contributed by atoms with Gasteiger partial charge in [-0.15, -0.1) is 0 Å². The van der Waals surface area contributed by atoms with Gasteiger partial charge >= 0.3 is 0 Å². The van der Waals surface area contributed by atoms with Gasteiger partial charge in [-0.1, -0.05) is 188 Å². The van der Waals surface area contributed by atoms with Crippen LogP contribution in [-0.2, 0) is 0 Å². The van der Waals surface area contributed by atoms with Crippen LogP contribution in [0.4, 0.5) is 11.4 Å². The van der Waals surface area contributed by atoms with Crippen LogP contribution in [0.3, 0.4) is 0 Å². The molecule has 0 heterocycles. The molecule has 3 nitrogen and oxygen atoms in total. The van der Waals surface area contributed by atoms with Gasteiger partial charge in [0.05, 0.1) is 0 Å². The van der Waals surface area contributed by atoms with Crippen molar-refractivity contribution in [3.05, 3.63) is 189 Å². The average Bonchev–Trinajstić information content (AvgIpc) is 3.36. The summed E-state index contributed by atoms with van der Waals surface area (Å²) >= 11 is 0. The van der Waals surface area contributed by atoms with E-state index in [-0.39, 0.29) is 0 Å². The predicted octanol–water partition coefficient (Wildman–Crippen LogP) is 20.2. The lowest BCUT2D eigenvalue weighted by atomic mass is 9.42. The summed E-state index contributed by atoms with van der Waals surface area (Å²) in [5.41, 5.74) is 16.9. The van der Waals surface area contributed by atoms with E-state index in [4.69, 9.17) is 4.74 Å². The fourth-order valence-corrected chi connectivity index (χ4v) is 9.67. The highest BCUT2D eigenvalue weighted by Gasteiger charge is 2.56. The van der Waals surface area contributed by atoms with Crippen molar-refractivity contribution in [3.63, 3.8) is 0 Å². The summed E-state index contributed by atoms with van der Waals surface area (Å²) in [6.07, 6.45) is 3.67. The number of unbranched alkanes of at least 4 members (excludes halogenated alkanes) is 2. The lowest BCUT2D eigenvalue weighted by Crippen LogP contribution is -2.56. The largest absolute Gasteiger partial charge is 0.457 e. The van der Waals surface area contributed by atoms with E-state index in [0.717, 1.165) is 60.1 Å². The summed E-state index contributed by atoms with van der Waals surface area (Å²) in [4.78, 5) is 0. The minimum absolute atomic E-state index is 0.573. The molecular weight excluding hydrogens is 873 g/mol. The summed E-state index contributed by atoms with van der Waals surface area (Å²) in [7, 11) is 0. The monoisotopic (exact) mass is 973 g/mol. The van der Waals surface area contributed by atoms with Gasteiger partial charge in [-0.3, -0.25) is 0 Å². The Morgan fingerprint density at radius 3 is 0.792 bits per heavy atom. The van der Waals surface area contributed by atoms with Crippen molar-refractivity contribution in [2.45, 2.75) is 158 Å². The second-order valence-corrected chi connectivity index (χ2v) is 23.1. The number of nitrogens with one attached hydrogen (secondary N) is 2. The zero-order valence-corrected chi connectivity index (χ0v) is 49.1. The van der Waals surface area contributed by atoms with Crippen molar-refractivity contribution in [3.8, 4) is 11.5 Å². The van der Waals surface area contributed by atoms with Crippen molar-refractivity contribution in [2.75, 3.05) is 23.7 Å². The van der Waals surface area contributed by atoms with E-state index in [1.165, 1.54) is 86.3 Å². The van der Waals surface area contributed by atoms with Crippen LogP contribution in [0.25, 0.3) is 0 Å². The van der Waals surface area contributed by atoms with Crippen LogP contribution < -0.4 is 15.4 Å². The number of anilines is 2. The minimum Gasteiger partial charge on any atom is -0.457 e. The number of ether oxygens (including phenoxy) is 1. The third-order valence-electron chi connectivity index (χ3n) is 17.0. The molecule has 6 aromatic rings. The van der Waals surface area contributed by atoms with Gasteiger partial charge in [0.1, 0.15) is 11.5 Å². The summed E-state index contributed by atoms with van der Waals surface area (Å²) in [6.45, 7) is 47.0. The molecular formula is C69H100N2O. The first-order chi connectivity index (χ1) is 33.8. The van der Waals surface area contributed by atoms with Crippen LogP contribution in [0.5, 0.6) is 11.5 Å². The van der Waals surface area contributed by atoms with Crippen LogP contribution in [-0.4, -0.2) is 13.1 Å². The third-order valence-corrected chi connectivity index (χ3v) is 17.0. The molecule has 0 unspecified atom stereocenters. The first kappa shape index (κ1) is 61.0. The molecule has 0 aliphatic heterocycles. The van der Waals surface area contributed by atoms with E-state index in [0.29, 0.717) is 10.8 Å². The Labute approximate surface area is 442 Å². The molecule has 2 saturated carbocycles. The Bertz CT molecular complexity index is 2200. The van der Waals surface area contributed by atoms with Crippen LogP contribution in [0.1, 0.15) is 144 Å². The van der Waals surface area contributed by atoms with Crippen molar-refractivity contribution >= 4 is 11.4 Å². The Hall–Kier alpha value is -5.28. The van der Waals surface area contributed by atoms with Crippen LogP contribution in [0, 0.1) is 116 Å². The molecule has 392 valence electrons. The molecule has 0 aromatic heterocycles. The molecule has 0 spiro atoms. The first-order valence-electron chi connectivity index (χ1n) is 27.3. The lowest BCUT2D eigenvalue weighted by Gasteiger charge is -2.62. The van der Waals surface area contributed by atoms with Gasteiger partial charge in [0.25, 0.3) is 0 Å². The molecule has 0 radical (unpaired) electrons. The van der Waals surface area contributed by atoms with Gasteiger partial charge in [-0.2, -0.15) is 0 Å². The maximum absolute atomic E-state index is 5.69. The van der Waals surface area contributed by atoms with E-state index < -0.39 is 0 Å². The zero-order chi connectivity index (χ0) is 53.8. The molecule has 0 amide bonds. The second kappa shape index (κ2) is 29.4. The molecule has 3 heteroatoms. The van der Waals surface area contributed by atoms with E-state index in [2.05, 4.69) is 234 Å². The average molecular weight is 974 g/mol. The topological polar surface area (TPSA) is 33.3 Å². The van der Waals surface area contributed by atoms with Crippen molar-refractivity contribution in [1.82, 2.24) is 0 Å². The van der Waals surface area contributed by atoms with Gasteiger partial charge in [-0.05, 0) is 206 Å². The number of hydrogen-bond donors (Lipinski definition) is 2. The van der Waals surface area contributed by atoms with Crippen LogP contribution >= 0.6 is 0 Å². The maximum atomic E-state index is 5.69. The highest BCUT2D eigenvalue weighted by molar-refractivity contribution is 5.45. The standard InChI is InChI=1S/C19H26N2.C14H14O.C10H20.C10H14.C8H10.C8H16/c1-16-6-10-18(11-7-16)20-14-4-3-5-15-21-19-12-8-17(2)9-13-19;1-11-3-7-13(8-4-11)15-14-9-5-12(2)6-10-14;1-7-9(3,4)8(2)10(7,5)6;1-7-5-9(3)10(4)6-8(7)2;1-7-3-5-8(2)6-4-7;1-5-6(2)8(4)7(5)3/h6-13,20-21H,3-5,14-15H2,1-2H3;3-10H,1-2H3;7-8H,1-6H3;5-6H,1-4H3;3-6H,1-2H3;5-8H,1-4H3. The Kier molecular flexibility index (Phi) is 24.9. The van der Waals surface area contributed by atoms with Crippen molar-refractivity contribution in [2.24, 2.45) is 46.3 Å². The molecule has 6 aromatic carbocycles. The summed E-state index contributed by atoms with van der Waals surface area (Å²) < 4.78 is 5.69. The van der Waals surface area contributed by atoms with Gasteiger partial charge in [-0.25, -0.2) is 0 Å². The Balaban J connectivity index is 0.000000238. The number of benzene rings is 6. The Morgan fingerprint density at radius 1 is 0.333 bits per heavy atom. The van der Waals surface area contributed by atoms with Gasteiger partial charge in [0.2, 0.25) is 0 Å². The molecule has 2 aliphatic rings. The molecule has 8 rings (SSSR count). The quantitative estimate of drug-likeness (QED) is 0.134. The molecule has 2 aliphatic carbocycles. The Morgan fingerprint density at radius 2 is 0.556 bits per heavy atom. The summed E-state index contributed by atoms with van der Waals surface area (Å²) in [5.74, 6) is 7.41. The highest BCUT2D eigenvalue weighted by atomic mass is 16.5. The fraction of sp³-hybridized carbons (Fsp3) is 0.478. The number of rotatable bonds is 10. The normalized spacial score (nSPS) is 19.6. The van der Waals surface area contributed by atoms with E-state index in [9.17, 15) is 0 Å². The van der Waals surface area contributed by atoms with Crippen LogP contribution in [0.15, 0.2) is 133 Å². The fourth-order valence-electron chi connectivity index (χ4n) is 9.67. The third kappa shape index (κ3) is 20.0. The van der Waals surface area contributed by atoms with E-state index in [1.807, 2.05) is 48.5 Å². The van der Waals surface area contributed by atoms with E-state index >= 15 is 0 Å². The van der Waals surface area contributed by atoms with Gasteiger partial charge in [0, 0.05) is 24.5 Å². The van der Waals surface area contributed by atoms with E-state index in [1.54, 1.807) is 0 Å². The first-order valence-corrected chi connectivity index (χ1v) is 27.3. The predicted molar refractivity (Wildman–Crippen MR) is 319 cm³/mol. The lowest BCUT2D eigenvalue weighted by molar-refractivity contribution is -0.141. The smallest absolute Gasteiger partial charge is 0.127 e. The van der Waals surface area contributed by atoms with Crippen molar-refractivity contribution < 1.29 is 4.74 Å². The number of aryl methyl sites for hydroxylation is 10. The molecule has 0 atom stereocenters. The van der Waals surface area contributed by atoms with Gasteiger partial charge in [0.15, 0.2) is 0 Å². The molecule has 2 fully saturated rings. The SMILES string of the molecule is CC1C(C)(C)C(C)C1(C)C.CC1C(C)C(C)C1C.Cc1cc(C)c(C)cc1C.Cc1ccc(C)cc1.Cc1ccc(NCCCCCNc2ccc(C)cc2)cc1.Cc1ccc(Oc2ccc(C)cc2)cc1. The molecule has 0 saturated heterocycles. The second-order valence-electron chi connectivity index (χ2n) is 23.1.